The Labute approximate surface area is 181 Å². The van der Waals surface area contributed by atoms with Gasteiger partial charge in [-0.3, -0.25) is 9.20 Å². The molecule has 2 aromatic heterocycles. The van der Waals surface area contributed by atoms with Gasteiger partial charge in [0.05, 0.1) is 32.0 Å². The fourth-order valence-electron chi connectivity index (χ4n) is 3.07. The maximum absolute atomic E-state index is 12.5. The second-order valence-electron chi connectivity index (χ2n) is 6.46. The number of phenolic OH excluding ortho intramolecular Hbond substituents is 1. The second kappa shape index (κ2) is 8.25. The highest BCUT2D eigenvalue weighted by molar-refractivity contribution is 7.15. The number of phenols is 1. The van der Waals surface area contributed by atoms with Crippen LogP contribution in [0.15, 0.2) is 48.0 Å². The summed E-state index contributed by atoms with van der Waals surface area (Å²) in [6, 6.07) is 10.00. The Balaban J connectivity index is 1.61. The third-order valence-electron chi connectivity index (χ3n) is 4.54. The molecule has 154 valence electrons. The van der Waals surface area contributed by atoms with Crippen LogP contribution in [0, 0.1) is 0 Å². The number of methoxy groups -OCH3 is 2. The van der Waals surface area contributed by atoms with Gasteiger partial charge in [0, 0.05) is 27.9 Å². The summed E-state index contributed by atoms with van der Waals surface area (Å²) in [6.07, 6.45) is 1.97. The number of anilines is 1. The van der Waals surface area contributed by atoms with E-state index in [1.54, 1.807) is 20.3 Å². The first-order valence-electron chi connectivity index (χ1n) is 8.94. The number of carbonyl (C=O) groups is 1. The summed E-state index contributed by atoms with van der Waals surface area (Å²) in [6.45, 7) is 0. The molecule has 9 heteroatoms. The molecule has 0 saturated carbocycles. The van der Waals surface area contributed by atoms with Crippen molar-refractivity contribution in [2.45, 2.75) is 6.42 Å². The number of halogens is 1. The summed E-state index contributed by atoms with van der Waals surface area (Å²) in [7, 11) is 3.20. The highest BCUT2D eigenvalue weighted by atomic mass is 35.5. The standard InChI is InChI=1S/C21H18ClN3O4S/c1-28-14-4-6-19(29-2)15(9-14)17-10-25-13(11-30-21(25)24-17)8-20(27)23-16-7-12(22)3-5-18(16)26/h3-7,9-11,26H,8H2,1-2H3,(H,23,27). The number of imidazole rings is 1. The summed E-state index contributed by atoms with van der Waals surface area (Å²) < 4.78 is 12.6. The van der Waals surface area contributed by atoms with Crippen LogP contribution in [0.2, 0.25) is 5.02 Å². The van der Waals surface area contributed by atoms with Crippen molar-refractivity contribution in [1.82, 2.24) is 9.38 Å². The first-order chi connectivity index (χ1) is 14.5. The quantitative estimate of drug-likeness (QED) is 0.425. The summed E-state index contributed by atoms with van der Waals surface area (Å²) in [5, 5.41) is 14.9. The van der Waals surface area contributed by atoms with Crippen LogP contribution in [-0.2, 0) is 11.2 Å². The van der Waals surface area contributed by atoms with E-state index in [-0.39, 0.29) is 23.8 Å². The Bertz CT molecular complexity index is 1230. The highest BCUT2D eigenvalue weighted by Crippen LogP contribution is 2.34. The molecule has 0 atom stereocenters. The van der Waals surface area contributed by atoms with Gasteiger partial charge in [-0.15, -0.1) is 11.3 Å². The van der Waals surface area contributed by atoms with Crippen LogP contribution in [0.1, 0.15) is 5.69 Å². The van der Waals surface area contributed by atoms with Crippen molar-refractivity contribution < 1.29 is 19.4 Å². The molecule has 2 heterocycles. The number of benzene rings is 2. The Morgan fingerprint density at radius 2 is 2.07 bits per heavy atom. The van der Waals surface area contributed by atoms with Crippen LogP contribution in [0.3, 0.4) is 0 Å². The number of carbonyl (C=O) groups excluding carboxylic acids is 1. The molecular formula is C21H18ClN3O4S. The number of nitrogens with zero attached hydrogens (tertiary/aromatic N) is 2. The van der Waals surface area contributed by atoms with Gasteiger partial charge in [-0.05, 0) is 36.4 Å². The van der Waals surface area contributed by atoms with Gasteiger partial charge in [0.1, 0.15) is 17.2 Å². The number of nitrogens with one attached hydrogen (secondary N) is 1. The molecule has 2 aromatic carbocycles. The van der Waals surface area contributed by atoms with E-state index in [0.717, 1.165) is 16.2 Å². The van der Waals surface area contributed by atoms with Crippen LogP contribution in [0.4, 0.5) is 5.69 Å². The number of aromatic hydroxyl groups is 1. The SMILES string of the molecule is COc1ccc(OC)c(-c2cn3c(CC(=O)Nc4cc(Cl)ccc4O)csc3n2)c1. The van der Waals surface area contributed by atoms with Gasteiger partial charge >= 0.3 is 0 Å². The molecule has 7 nitrogen and oxygen atoms in total. The Kier molecular flexibility index (Phi) is 5.52. The molecule has 0 spiro atoms. The third kappa shape index (κ3) is 3.92. The van der Waals surface area contributed by atoms with Crippen LogP contribution in [0.5, 0.6) is 17.2 Å². The number of aromatic nitrogens is 2. The summed E-state index contributed by atoms with van der Waals surface area (Å²) in [5.41, 5.74) is 2.56. The van der Waals surface area contributed by atoms with Gasteiger partial charge in [0.15, 0.2) is 4.96 Å². The molecule has 4 aromatic rings. The largest absolute Gasteiger partial charge is 0.506 e. The van der Waals surface area contributed by atoms with Crippen molar-refractivity contribution in [2.24, 2.45) is 0 Å². The summed E-state index contributed by atoms with van der Waals surface area (Å²) in [5.74, 6) is 1.06. The fraction of sp³-hybridized carbons (Fsp3) is 0.143. The molecule has 0 radical (unpaired) electrons. The maximum Gasteiger partial charge on any atom is 0.230 e. The number of thiazole rings is 1. The van der Waals surface area contributed by atoms with E-state index in [2.05, 4.69) is 10.3 Å². The molecule has 1 amide bonds. The molecule has 0 bridgehead atoms. The number of hydrogen-bond donors (Lipinski definition) is 2. The number of ether oxygens (including phenoxy) is 2. The number of hydrogen-bond acceptors (Lipinski definition) is 6. The maximum atomic E-state index is 12.5. The monoisotopic (exact) mass is 443 g/mol. The minimum atomic E-state index is -0.276. The normalized spacial score (nSPS) is 10.9. The summed E-state index contributed by atoms with van der Waals surface area (Å²) in [4.78, 5) is 17.9. The van der Waals surface area contributed by atoms with Crippen molar-refractivity contribution in [2.75, 3.05) is 19.5 Å². The number of amides is 1. The van der Waals surface area contributed by atoms with E-state index < -0.39 is 0 Å². The van der Waals surface area contributed by atoms with Crippen LogP contribution < -0.4 is 14.8 Å². The molecule has 0 aliphatic heterocycles. The Morgan fingerprint density at radius 1 is 1.23 bits per heavy atom. The molecule has 2 N–H and O–H groups in total. The number of fused-ring (bicyclic) bond motifs is 1. The molecule has 0 fully saturated rings. The summed E-state index contributed by atoms with van der Waals surface area (Å²) >= 11 is 7.37. The lowest BCUT2D eigenvalue weighted by atomic mass is 10.1. The zero-order chi connectivity index (χ0) is 21.3. The Hall–Kier alpha value is -3.23. The molecule has 0 aliphatic rings. The first-order valence-corrected chi connectivity index (χ1v) is 10.2. The van der Waals surface area contributed by atoms with E-state index in [1.807, 2.05) is 34.2 Å². The van der Waals surface area contributed by atoms with Crippen LogP contribution in [-0.4, -0.2) is 34.6 Å². The molecule has 0 aliphatic carbocycles. The predicted octanol–water partition coefficient (Wildman–Crippen LogP) is 4.62. The van der Waals surface area contributed by atoms with Crippen molar-refractivity contribution in [3.63, 3.8) is 0 Å². The highest BCUT2D eigenvalue weighted by Gasteiger charge is 2.16. The van der Waals surface area contributed by atoms with E-state index >= 15 is 0 Å². The van der Waals surface area contributed by atoms with Crippen molar-refractivity contribution in [3.05, 3.63) is 58.7 Å². The van der Waals surface area contributed by atoms with Gasteiger partial charge in [0.2, 0.25) is 5.91 Å². The van der Waals surface area contributed by atoms with Crippen LogP contribution >= 0.6 is 22.9 Å². The van der Waals surface area contributed by atoms with E-state index in [0.29, 0.717) is 22.2 Å². The van der Waals surface area contributed by atoms with Gasteiger partial charge in [-0.2, -0.15) is 0 Å². The average molecular weight is 444 g/mol. The lowest BCUT2D eigenvalue weighted by Crippen LogP contribution is -2.15. The van der Waals surface area contributed by atoms with E-state index in [9.17, 15) is 9.90 Å². The minimum Gasteiger partial charge on any atom is -0.506 e. The van der Waals surface area contributed by atoms with Gasteiger partial charge < -0.3 is 19.9 Å². The Morgan fingerprint density at radius 3 is 2.83 bits per heavy atom. The first kappa shape index (κ1) is 20.1. The third-order valence-corrected chi connectivity index (χ3v) is 5.66. The smallest absolute Gasteiger partial charge is 0.230 e. The van der Waals surface area contributed by atoms with Gasteiger partial charge in [-0.25, -0.2) is 4.98 Å². The molecule has 0 unspecified atom stereocenters. The molecule has 0 saturated heterocycles. The molecule has 30 heavy (non-hydrogen) atoms. The van der Waals surface area contributed by atoms with Crippen molar-refractivity contribution in [3.8, 4) is 28.5 Å². The molecular weight excluding hydrogens is 426 g/mol. The van der Waals surface area contributed by atoms with Gasteiger partial charge in [0.25, 0.3) is 0 Å². The average Bonchev–Trinajstić information content (AvgIpc) is 3.32. The van der Waals surface area contributed by atoms with E-state index in [4.69, 9.17) is 21.1 Å². The second-order valence-corrected chi connectivity index (χ2v) is 7.73. The van der Waals surface area contributed by atoms with Crippen LogP contribution in [0.25, 0.3) is 16.2 Å². The molecule has 4 rings (SSSR count). The van der Waals surface area contributed by atoms with Gasteiger partial charge in [-0.1, -0.05) is 11.6 Å². The lowest BCUT2D eigenvalue weighted by molar-refractivity contribution is -0.115. The zero-order valence-corrected chi connectivity index (χ0v) is 17.8. The van der Waals surface area contributed by atoms with Crippen molar-refractivity contribution >= 4 is 39.5 Å². The minimum absolute atomic E-state index is 0.0433. The predicted molar refractivity (Wildman–Crippen MR) is 117 cm³/mol. The zero-order valence-electron chi connectivity index (χ0n) is 16.2. The van der Waals surface area contributed by atoms with Crippen molar-refractivity contribution in [1.29, 1.82) is 0 Å². The lowest BCUT2D eigenvalue weighted by Gasteiger charge is -2.08. The number of rotatable bonds is 6. The topological polar surface area (TPSA) is 85.1 Å². The fourth-order valence-corrected chi connectivity index (χ4v) is 4.11. The van der Waals surface area contributed by atoms with E-state index in [1.165, 1.54) is 23.5 Å².